The van der Waals surface area contributed by atoms with E-state index in [9.17, 15) is 0 Å². The van der Waals surface area contributed by atoms with Gasteiger partial charge in [-0.05, 0) is 24.4 Å². The van der Waals surface area contributed by atoms with Gasteiger partial charge in [0.25, 0.3) is 0 Å². The maximum absolute atomic E-state index is 8.21. The number of thiocarbonyl (C=S) groups is 1. The van der Waals surface area contributed by atoms with Gasteiger partial charge < -0.3 is 5.32 Å². The highest BCUT2D eigenvalue weighted by Gasteiger charge is 1.93. The van der Waals surface area contributed by atoms with E-state index in [4.69, 9.17) is 17.5 Å². The summed E-state index contributed by atoms with van der Waals surface area (Å²) in [6, 6.07) is 3.51. The second-order valence-corrected chi connectivity index (χ2v) is 2.34. The number of anilines is 1. The lowest BCUT2D eigenvalue weighted by atomic mass is 10.4. The fourth-order valence-electron chi connectivity index (χ4n) is 0.648. The molecule has 1 aromatic rings. The third-order valence-corrected chi connectivity index (χ3v) is 1.31. The molecular weight excluding hydrogens is 172 g/mol. The van der Waals surface area contributed by atoms with Gasteiger partial charge >= 0.3 is 0 Å². The van der Waals surface area contributed by atoms with Crippen LogP contribution in [0.5, 0.6) is 0 Å². The molecule has 0 atom stereocenters. The lowest BCUT2D eigenvalue weighted by molar-refractivity contribution is 1.27. The van der Waals surface area contributed by atoms with Crippen LogP contribution in [0.3, 0.4) is 0 Å². The molecular formula is C7H6N4S. The third-order valence-electron chi connectivity index (χ3n) is 1.11. The molecule has 0 spiro atoms. The van der Waals surface area contributed by atoms with Gasteiger partial charge in [0.15, 0.2) is 11.3 Å². The van der Waals surface area contributed by atoms with Crippen molar-refractivity contribution in [2.24, 2.45) is 0 Å². The zero-order chi connectivity index (χ0) is 8.81. The summed E-state index contributed by atoms with van der Waals surface area (Å²) < 4.78 is 0. The van der Waals surface area contributed by atoms with Crippen molar-refractivity contribution < 1.29 is 0 Å². The van der Waals surface area contributed by atoms with Gasteiger partial charge in [-0.25, -0.2) is 0 Å². The summed E-state index contributed by atoms with van der Waals surface area (Å²) in [5.41, 5.74) is 0.803. The first-order valence-electron chi connectivity index (χ1n) is 3.19. The SMILES string of the molecule is N#CNC(=S)Nc1ccncc1. The van der Waals surface area contributed by atoms with Gasteiger partial charge in [0, 0.05) is 18.1 Å². The van der Waals surface area contributed by atoms with Gasteiger partial charge in [-0.2, -0.15) is 5.26 Å². The Morgan fingerprint density at radius 1 is 1.50 bits per heavy atom. The number of hydrogen-bond donors (Lipinski definition) is 2. The minimum Gasteiger partial charge on any atom is -0.332 e. The van der Waals surface area contributed by atoms with E-state index in [1.54, 1.807) is 30.7 Å². The van der Waals surface area contributed by atoms with Crippen LogP contribution in [-0.4, -0.2) is 10.1 Å². The van der Waals surface area contributed by atoms with Crippen molar-refractivity contribution in [3.8, 4) is 6.19 Å². The van der Waals surface area contributed by atoms with Crippen LogP contribution in [0.2, 0.25) is 0 Å². The smallest absolute Gasteiger partial charge is 0.184 e. The van der Waals surface area contributed by atoms with Crippen LogP contribution >= 0.6 is 12.2 Å². The molecule has 1 rings (SSSR count). The second kappa shape index (κ2) is 4.26. The molecule has 0 aliphatic rings. The van der Waals surface area contributed by atoms with Crippen molar-refractivity contribution in [1.29, 1.82) is 5.26 Å². The Morgan fingerprint density at radius 2 is 2.17 bits per heavy atom. The standard InChI is InChI=1S/C7H6N4S/c8-5-10-7(12)11-6-1-3-9-4-2-6/h1-4H,(H2,9,10,11,12). The number of hydrogen-bond acceptors (Lipinski definition) is 3. The lowest BCUT2D eigenvalue weighted by Crippen LogP contribution is -2.23. The first-order valence-corrected chi connectivity index (χ1v) is 3.60. The molecule has 1 aromatic heterocycles. The van der Waals surface area contributed by atoms with Crippen molar-refractivity contribution in [1.82, 2.24) is 10.3 Å². The topological polar surface area (TPSA) is 60.7 Å². The van der Waals surface area contributed by atoms with E-state index >= 15 is 0 Å². The first kappa shape index (κ1) is 8.43. The van der Waals surface area contributed by atoms with E-state index in [1.807, 2.05) is 0 Å². The Morgan fingerprint density at radius 3 is 2.75 bits per heavy atom. The molecule has 4 nitrogen and oxygen atoms in total. The van der Waals surface area contributed by atoms with Gasteiger partial charge in [-0.1, -0.05) is 0 Å². The van der Waals surface area contributed by atoms with E-state index in [0.717, 1.165) is 5.69 Å². The highest BCUT2D eigenvalue weighted by Crippen LogP contribution is 2.01. The minimum atomic E-state index is 0.281. The number of rotatable bonds is 1. The number of pyridine rings is 1. The molecule has 0 aliphatic carbocycles. The van der Waals surface area contributed by atoms with E-state index in [1.165, 1.54) is 0 Å². The minimum absolute atomic E-state index is 0.281. The molecule has 60 valence electrons. The van der Waals surface area contributed by atoms with E-state index in [2.05, 4.69) is 15.6 Å². The van der Waals surface area contributed by atoms with Crippen molar-refractivity contribution >= 4 is 23.0 Å². The maximum Gasteiger partial charge on any atom is 0.184 e. The third kappa shape index (κ3) is 2.52. The monoisotopic (exact) mass is 178 g/mol. The van der Waals surface area contributed by atoms with Crippen LogP contribution in [0.1, 0.15) is 0 Å². The van der Waals surface area contributed by atoms with Crippen LogP contribution in [0.25, 0.3) is 0 Å². The Balaban J connectivity index is 2.54. The highest BCUT2D eigenvalue weighted by molar-refractivity contribution is 7.80. The normalized spacial score (nSPS) is 8.25. The van der Waals surface area contributed by atoms with Gasteiger partial charge in [0.05, 0.1) is 0 Å². The average Bonchev–Trinajstić information content (AvgIpc) is 2.06. The molecule has 0 aliphatic heterocycles. The Hall–Kier alpha value is -1.67. The average molecular weight is 178 g/mol. The Labute approximate surface area is 75.2 Å². The fourth-order valence-corrected chi connectivity index (χ4v) is 0.812. The first-order chi connectivity index (χ1) is 5.83. The van der Waals surface area contributed by atoms with Gasteiger partial charge in [0.2, 0.25) is 0 Å². The Bertz CT molecular complexity index is 303. The summed E-state index contributed by atoms with van der Waals surface area (Å²) in [5.74, 6) is 0. The fraction of sp³-hybridized carbons (Fsp3) is 0. The summed E-state index contributed by atoms with van der Waals surface area (Å²) in [6.07, 6.45) is 4.99. The number of nitriles is 1. The summed E-state index contributed by atoms with van der Waals surface area (Å²) in [4.78, 5) is 3.83. The van der Waals surface area contributed by atoms with E-state index < -0.39 is 0 Å². The highest BCUT2D eigenvalue weighted by atomic mass is 32.1. The van der Waals surface area contributed by atoms with Crippen LogP contribution in [0.15, 0.2) is 24.5 Å². The molecule has 0 bridgehead atoms. The zero-order valence-corrected chi connectivity index (χ0v) is 6.93. The molecule has 5 heteroatoms. The van der Waals surface area contributed by atoms with Crippen LogP contribution in [-0.2, 0) is 0 Å². The number of nitrogens with zero attached hydrogens (tertiary/aromatic N) is 2. The van der Waals surface area contributed by atoms with Crippen LogP contribution in [0.4, 0.5) is 5.69 Å². The van der Waals surface area contributed by atoms with Crippen molar-refractivity contribution in [3.63, 3.8) is 0 Å². The molecule has 0 fully saturated rings. The Kier molecular flexibility index (Phi) is 2.99. The quantitative estimate of drug-likeness (QED) is 0.379. The molecule has 2 N–H and O–H groups in total. The summed E-state index contributed by atoms with van der Waals surface area (Å²) in [7, 11) is 0. The predicted molar refractivity (Wildman–Crippen MR) is 49.2 cm³/mol. The zero-order valence-electron chi connectivity index (χ0n) is 6.11. The van der Waals surface area contributed by atoms with Gasteiger partial charge in [-0.3, -0.25) is 10.3 Å². The largest absolute Gasteiger partial charge is 0.332 e. The summed E-state index contributed by atoms with van der Waals surface area (Å²) in [6.45, 7) is 0. The molecule has 0 saturated carbocycles. The molecule has 0 radical (unpaired) electrons. The summed E-state index contributed by atoms with van der Waals surface area (Å²) in [5, 5.41) is 13.6. The predicted octanol–water partition coefficient (Wildman–Crippen LogP) is 0.849. The van der Waals surface area contributed by atoms with E-state index in [-0.39, 0.29) is 5.11 Å². The van der Waals surface area contributed by atoms with E-state index in [0.29, 0.717) is 0 Å². The molecule has 12 heavy (non-hydrogen) atoms. The lowest BCUT2D eigenvalue weighted by Gasteiger charge is -2.03. The van der Waals surface area contributed by atoms with Gasteiger partial charge in [0.1, 0.15) is 0 Å². The maximum atomic E-state index is 8.21. The summed E-state index contributed by atoms with van der Waals surface area (Å²) >= 11 is 4.77. The van der Waals surface area contributed by atoms with Crippen molar-refractivity contribution in [2.75, 3.05) is 5.32 Å². The number of nitrogens with one attached hydrogen (secondary N) is 2. The molecule has 0 saturated heterocycles. The molecule has 0 amide bonds. The van der Waals surface area contributed by atoms with Crippen molar-refractivity contribution in [3.05, 3.63) is 24.5 Å². The van der Waals surface area contributed by atoms with Gasteiger partial charge in [-0.15, -0.1) is 0 Å². The number of aromatic nitrogens is 1. The second-order valence-electron chi connectivity index (χ2n) is 1.93. The van der Waals surface area contributed by atoms with Crippen molar-refractivity contribution in [2.45, 2.75) is 0 Å². The molecule has 1 heterocycles. The van der Waals surface area contributed by atoms with Crippen LogP contribution in [0, 0.1) is 11.5 Å². The molecule has 0 unspecified atom stereocenters. The molecule has 0 aromatic carbocycles. The van der Waals surface area contributed by atoms with Crippen LogP contribution < -0.4 is 10.6 Å².